The molecule has 1 aliphatic heterocycles. The first-order valence-electron chi connectivity index (χ1n) is 6.94. The Morgan fingerprint density at radius 3 is 2.62 bits per heavy atom. The summed E-state index contributed by atoms with van der Waals surface area (Å²) in [5.41, 5.74) is 1.99. The number of hydrogen-bond acceptors (Lipinski definition) is 5. The number of ether oxygens (including phenoxy) is 1. The van der Waals surface area contributed by atoms with E-state index in [0.29, 0.717) is 6.54 Å². The Hall–Kier alpha value is -1.66. The molecule has 0 aliphatic carbocycles. The van der Waals surface area contributed by atoms with Gasteiger partial charge in [0.25, 0.3) is 0 Å². The molecule has 1 N–H and O–H groups in total. The van der Waals surface area contributed by atoms with Gasteiger partial charge >= 0.3 is 0 Å². The maximum absolute atomic E-state index is 5.35. The van der Waals surface area contributed by atoms with Crippen molar-refractivity contribution in [2.24, 2.45) is 0 Å². The number of anilines is 2. The number of hydrogen-bond donors (Lipinski definition) is 1. The molecular weight excluding hydrogens is 332 g/mol. The Labute approximate surface area is 132 Å². The van der Waals surface area contributed by atoms with Crippen molar-refractivity contribution in [2.75, 3.05) is 36.5 Å². The molecule has 0 atom stereocenters. The predicted octanol–water partition coefficient (Wildman–Crippen LogP) is 2.69. The van der Waals surface area contributed by atoms with Gasteiger partial charge in [-0.05, 0) is 40.2 Å². The molecule has 3 heterocycles. The summed E-state index contributed by atoms with van der Waals surface area (Å²) < 4.78 is 6.34. The first kappa shape index (κ1) is 14.3. The molecule has 0 bridgehead atoms. The maximum Gasteiger partial charge on any atom is 0.128 e. The van der Waals surface area contributed by atoms with E-state index >= 15 is 0 Å². The van der Waals surface area contributed by atoms with Crippen LogP contribution in [0.5, 0.6) is 0 Å². The van der Waals surface area contributed by atoms with Gasteiger partial charge in [-0.1, -0.05) is 0 Å². The van der Waals surface area contributed by atoms with Gasteiger partial charge < -0.3 is 15.0 Å². The molecular formula is C15H17BrN4O. The van der Waals surface area contributed by atoms with Crippen LogP contribution in [-0.4, -0.2) is 36.3 Å². The van der Waals surface area contributed by atoms with E-state index in [9.17, 15) is 0 Å². The summed E-state index contributed by atoms with van der Waals surface area (Å²) >= 11 is 3.38. The lowest BCUT2D eigenvalue weighted by Gasteiger charge is -2.27. The molecule has 2 aromatic heterocycles. The average molecular weight is 349 g/mol. The predicted molar refractivity (Wildman–Crippen MR) is 86.5 cm³/mol. The van der Waals surface area contributed by atoms with Gasteiger partial charge in [0.1, 0.15) is 5.82 Å². The lowest BCUT2D eigenvalue weighted by Crippen LogP contribution is -2.36. The fourth-order valence-electron chi connectivity index (χ4n) is 2.17. The van der Waals surface area contributed by atoms with Gasteiger partial charge in [0.15, 0.2) is 0 Å². The van der Waals surface area contributed by atoms with Gasteiger partial charge in [-0.15, -0.1) is 0 Å². The molecule has 0 amide bonds. The largest absolute Gasteiger partial charge is 0.378 e. The highest BCUT2D eigenvalue weighted by atomic mass is 79.9. The van der Waals surface area contributed by atoms with Gasteiger partial charge in [0, 0.05) is 23.8 Å². The van der Waals surface area contributed by atoms with Crippen LogP contribution >= 0.6 is 15.9 Å². The van der Waals surface area contributed by atoms with Crippen LogP contribution in [0.3, 0.4) is 0 Å². The van der Waals surface area contributed by atoms with Gasteiger partial charge in [0.2, 0.25) is 0 Å². The van der Waals surface area contributed by atoms with Crippen LogP contribution in [0.4, 0.5) is 11.5 Å². The lowest BCUT2D eigenvalue weighted by atomic mass is 10.3. The molecule has 2 aromatic rings. The van der Waals surface area contributed by atoms with Crippen LogP contribution in [0.1, 0.15) is 5.69 Å². The zero-order chi connectivity index (χ0) is 14.5. The molecule has 0 unspecified atom stereocenters. The molecule has 110 valence electrons. The zero-order valence-electron chi connectivity index (χ0n) is 11.6. The van der Waals surface area contributed by atoms with Gasteiger partial charge in [-0.3, -0.25) is 4.98 Å². The summed E-state index contributed by atoms with van der Waals surface area (Å²) in [6, 6.07) is 8.08. The fraction of sp³-hybridized carbons (Fsp3) is 0.333. The van der Waals surface area contributed by atoms with Crippen LogP contribution in [0.25, 0.3) is 0 Å². The van der Waals surface area contributed by atoms with Crippen molar-refractivity contribution >= 4 is 27.4 Å². The summed E-state index contributed by atoms with van der Waals surface area (Å²) in [7, 11) is 0. The second kappa shape index (κ2) is 6.87. The summed E-state index contributed by atoms with van der Waals surface area (Å²) in [6.45, 7) is 4.05. The minimum atomic E-state index is 0.686. The number of aromatic nitrogens is 2. The first-order valence-corrected chi connectivity index (χ1v) is 7.73. The van der Waals surface area contributed by atoms with E-state index in [1.165, 1.54) is 0 Å². The van der Waals surface area contributed by atoms with Crippen molar-refractivity contribution in [3.63, 3.8) is 0 Å². The molecule has 0 spiro atoms. The van der Waals surface area contributed by atoms with E-state index in [1.807, 2.05) is 24.4 Å². The molecule has 0 aromatic carbocycles. The SMILES string of the molecule is Brc1ccc(CNc2ccc(N3CCOCC3)nc2)nc1. The third-order valence-corrected chi connectivity index (χ3v) is 3.81. The number of pyridine rings is 2. The van der Waals surface area contributed by atoms with Crippen molar-refractivity contribution < 1.29 is 4.74 Å². The third-order valence-electron chi connectivity index (χ3n) is 3.35. The van der Waals surface area contributed by atoms with Crippen LogP contribution in [0.2, 0.25) is 0 Å². The summed E-state index contributed by atoms with van der Waals surface area (Å²) in [4.78, 5) is 11.1. The van der Waals surface area contributed by atoms with E-state index in [0.717, 1.165) is 48.0 Å². The van der Waals surface area contributed by atoms with E-state index in [-0.39, 0.29) is 0 Å². The summed E-state index contributed by atoms with van der Waals surface area (Å²) in [5, 5.41) is 3.33. The van der Waals surface area contributed by atoms with Crippen LogP contribution in [0, 0.1) is 0 Å². The smallest absolute Gasteiger partial charge is 0.128 e. The van der Waals surface area contributed by atoms with Gasteiger partial charge in [0.05, 0.1) is 37.3 Å². The molecule has 0 radical (unpaired) electrons. The quantitative estimate of drug-likeness (QED) is 0.920. The number of halogens is 1. The monoisotopic (exact) mass is 348 g/mol. The van der Waals surface area contributed by atoms with Crippen LogP contribution in [-0.2, 0) is 11.3 Å². The van der Waals surface area contributed by atoms with Crippen molar-refractivity contribution in [3.8, 4) is 0 Å². The highest BCUT2D eigenvalue weighted by Crippen LogP contribution is 2.16. The molecule has 3 rings (SSSR count). The van der Waals surface area contributed by atoms with E-state index < -0.39 is 0 Å². The Morgan fingerprint density at radius 1 is 1.10 bits per heavy atom. The zero-order valence-corrected chi connectivity index (χ0v) is 13.2. The minimum Gasteiger partial charge on any atom is -0.378 e. The van der Waals surface area contributed by atoms with Crippen molar-refractivity contribution in [2.45, 2.75) is 6.54 Å². The topological polar surface area (TPSA) is 50.3 Å². The Kier molecular flexibility index (Phi) is 4.67. The van der Waals surface area contributed by atoms with Crippen LogP contribution < -0.4 is 10.2 Å². The first-order chi connectivity index (χ1) is 10.3. The van der Waals surface area contributed by atoms with Gasteiger partial charge in [-0.2, -0.15) is 0 Å². The minimum absolute atomic E-state index is 0.686. The number of nitrogens with zero attached hydrogens (tertiary/aromatic N) is 3. The normalized spacial score (nSPS) is 15.0. The second-order valence-corrected chi connectivity index (χ2v) is 5.74. The van der Waals surface area contributed by atoms with Gasteiger partial charge in [-0.25, -0.2) is 4.98 Å². The maximum atomic E-state index is 5.35. The van der Waals surface area contributed by atoms with Crippen molar-refractivity contribution in [3.05, 3.63) is 46.8 Å². The number of nitrogens with one attached hydrogen (secondary N) is 1. The van der Waals surface area contributed by atoms with E-state index in [4.69, 9.17) is 4.74 Å². The lowest BCUT2D eigenvalue weighted by molar-refractivity contribution is 0.122. The summed E-state index contributed by atoms with van der Waals surface area (Å²) in [5.74, 6) is 1.01. The van der Waals surface area contributed by atoms with Crippen molar-refractivity contribution in [1.82, 2.24) is 9.97 Å². The van der Waals surface area contributed by atoms with E-state index in [2.05, 4.69) is 42.2 Å². The Balaban J connectivity index is 1.57. The van der Waals surface area contributed by atoms with E-state index in [1.54, 1.807) is 6.20 Å². The molecule has 1 aliphatic rings. The fourth-order valence-corrected chi connectivity index (χ4v) is 2.41. The molecule has 5 nitrogen and oxygen atoms in total. The highest BCUT2D eigenvalue weighted by molar-refractivity contribution is 9.10. The molecule has 21 heavy (non-hydrogen) atoms. The standard InChI is InChI=1S/C15H17BrN4O/c16-12-1-2-13(17-9-12)10-18-14-3-4-15(19-11-14)20-5-7-21-8-6-20/h1-4,9,11,18H,5-8,10H2. The molecule has 1 saturated heterocycles. The number of rotatable bonds is 4. The Morgan fingerprint density at radius 2 is 1.95 bits per heavy atom. The second-order valence-electron chi connectivity index (χ2n) is 4.83. The summed E-state index contributed by atoms with van der Waals surface area (Å²) in [6.07, 6.45) is 3.67. The number of morpholine rings is 1. The molecule has 6 heteroatoms. The molecule has 0 saturated carbocycles. The average Bonchev–Trinajstić information content (AvgIpc) is 2.56. The Bertz CT molecular complexity index is 567. The highest BCUT2D eigenvalue weighted by Gasteiger charge is 2.11. The molecule has 1 fully saturated rings. The van der Waals surface area contributed by atoms with Crippen LogP contribution in [0.15, 0.2) is 41.1 Å². The third kappa shape index (κ3) is 3.92. The van der Waals surface area contributed by atoms with Crippen molar-refractivity contribution in [1.29, 1.82) is 0 Å².